The maximum Gasteiger partial charge on any atom is 0.339 e. The van der Waals surface area contributed by atoms with E-state index < -0.39 is 12.1 Å². The summed E-state index contributed by atoms with van der Waals surface area (Å²) < 4.78 is 10.3. The van der Waals surface area contributed by atoms with Crippen LogP contribution in [0.5, 0.6) is 5.75 Å². The quantitative estimate of drug-likeness (QED) is 0.817. The number of ether oxygens (including phenoxy) is 2. The molecule has 5 heteroatoms. The Bertz CT molecular complexity index is 497. The second-order valence-electron chi connectivity index (χ2n) is 5.56. The number of esters is 1. The van der Waals surface area contributed by atoms with Gasteiger partial charge in [0.2, 0.25) is 0 Å². The van der Waals surface area contributed by atoms with Gasteiger partial charge >= 0.3 is 5.97 Å². The minimum Gasteiger partial charge on any atom is -0.496 e. The molecule has 22 heavy (non-hydrogen) atoms. The van der Waals surface area contributed by atoms with Crippen molar-refractivity contribution in [1.29, 1.82) is 0 Å². The number of likely N-dealkylation sites (tertiary alicyclic amines) is 1. The predicted molar refractivity (Wildman–Crippen MR) is 83.7 cm³/mol. The third-order valence-electron chi connectivity index (χ3n) is 3.97. The number of aliphatic hydroxyl groups excluding tert-OH is 1. The molecule has 0 spiro atoms. The van der Waals surface area contributed by atoms with Crippen LogP contribution in [0.3, 0.4) is 0 Å². The van der Waals surface area contributed by atoms with Gasteiger partial charge in [0.15, 0.2) is 6.10 Å². The highest BCUT2D eigenvalue weighted by Crippen LogP contribution is 2.26. The monoisotopic (exact) mass is 307 g/mol. The highest BCUT2D eigenvalue weighted by atomic mass is 16.5. The van der Waals surface area contributed by atoms with Gasteiger partial charge in [0.25, 0.3) is 0 Å². The molecule has 122 valence electrons. The molecule has 5 nitrogen and oxygen atoms in total. The predicted octanol–water partition coefficient (Wildman–Crippen LogP) is 2.28. The number of carbonyl (C=O) groups is 1. The fraction of sp³-hybridized carbons (Fsp3) is 0.588. The zero-order chi connectivity index (χ0) is 15.9. The van der Waals surface area contributed by atoms with Gasteiger partial charge in [0.1, 0.15) is 5.75 Å². The molecule has 2 rings (SSSR count). The van der Waals surface area contributed by atoms with E-state index in [1.165, 1.54) is 19.3 Å². The maximum absolute atomic E-state index is 11.7. The average Bonchev–Trinajstić information content (AvgIpc) is 2.55. The molecule has 1 N–H and O–H groups in total. The standard InChI is InChI=1S/C17H25NO4/c1-3-22-17(20)16(19)13-7-8-15(21-2)14(11-13)12-18-9-5-4-6-10-18/h7-8,11,16,19H,3-6,9-10,12H2,1-2H3. The Morgan fingerprint density at radius 1 is 1.32 bits per heavy atom. The number of hydrogen-bond acceptors (Lipinski definition) is 5. The smallest absolute Gasteiger partial charge is 0.339 e. The molecule has 1 heterocycles. The van der Waals surface area contributed by atoms with Crippen molar-refractivity contribution in [3.8, 4) is 5.75 Å². The normalized spacial score (nSPS) is 17.0. The topological polar surface area (TPSA) is 59.0 Å². The van der Waals surface area contributed by atoms with Gasteiger partial charge in [-0.2, -0.15) is 0 Å². The average molecular weight is 307 g/mol. The Morgan fingerprint density at radius 3 is 2.68 bits per heavy atom. The van der Waals surface area contributed by atoms with Gasteiger partial charge in [0, 0.05) is 12.1 Å². The lowest BCUT2D eigenvalue weighted by atomic mass is 10.0. The van der Waals surface area contributed by atoms with Crippen LogP contribution in [0.15, 0.2) is 18.2 Å². The Morgan fingerprint density at radius 2 is 2.05 bits per heavy atom. The number of methoxy groups -OCH3 is 1. The molecule has 0 saturated carbocycles. The molecule has 0 aromatic heterocycles. The van der Waals surface area contributed by atoms with Crippen LogP contribution in [0.25, 0.3) is 0 Å². The first-order chi connectivity index (χ1) is 10.7. The van der Waals surface area contributed by atoms with Gasteiger partial charge < -0.3 is 14.6 Å². The fourth-order valence-corrected chi connectivity index (χ4v) is 2.81. The summed E-state index contributed by atoms with van der Waals surface area (Å²) >= 11 is 0. The van der Waals surface area contributed by atoms with E-state index >= 15 is 0 Å². The van der Waals surface area contributed by atoms with Crippen LogP contribution < -0.4 is 4.74 Å². The molecule has 1 aliphatic heterocycles. The fourth-order valence-electron chi connectivity index (χ4n) is 2.81. The molecule has 1 aliphatic rings. The molecule has 0 aliphatic carbocycles. The number of rotatable bonds is 6. The largest absolute Gasteiger partial charge is 0.496 e. The highest BCUT2D eigenvalue weighted by Gasteiger charge is 2.21. The number of piperidine rings is 1. The van der Waals surface area contributed by atoms with E-state index in [9.17, 15) is 9.90 Å². The third kappa shape index (κ3) is 4.21. The van der Waals surface area contributed by atoms with Crippen molar-refractivity contribution in [3.63, 3.8) is 0 Å². The molecule has 1 saturated heterocycles. The summed E-state index contributed by atoms with van der Waals surface area (Å²) in [6.45, 7) is 4.90. The number of benzene rings is 1. The minimum atomic E-state index is -1.24. The molecule has 1 aromatic carbocycles. The zero-order valence-electron chi connectivity index (χ0n) is 13.4. The van der Waals surface area contributed by atoms with Crippen molar-refractivity contribution in [3.05, 3.63) is 29.3 Å². The molecule has 1 aromatic rings. The van der Waals surface area contributed by atoms with Gasteiger partial charge in [-0.3, -0.25) is 4.90 Å². The second-order valence-corrected chi connectivity index (χ2v) is 5.56. The van der Waals surface area contributed by atoms with Gasteiger partial charge in [-0.05, 0) is 50.6 Å². The van der Waals surface area contributed by atoms with Crippen LogP contribution in [0, 0.1) is 0 Å². The van der Waals surface area contributed by atoms with Crippen molar-refractivity contribution in [2.75, 3.05) is 26.8 Å². The first-order valence-corrected chi connectivity index (χ1v) is 7.89. The number of carbonyl (C=O) groups excluding carboxylic acids is 1. The molecule has 1 fully saturated rings. The third-order valence-corrected chi connectivity index (χ3v) is 3.97. The van der Waals surface area contributed by atoms with Gasteiger partial charge in [-0.25, -0.2) is 4.79 Å². The SMILES string of the molecule is CCOC(=O)C(O)c1ccc(OC)c(CN2CCCCC2)c1. The lowest BCUT2D eigenvalue weighted by Gasteiger charge is -2.27. The van der Waals surface area contributed by atoms with E-state index in [2.05, 4.69) is 4.90 Å². The van der Waals surface area contributed by atoms with Crippen molar-refractivity contribution < 1.29 is 19.4 Å². The van der Waals surface area contributed by atoms with E-state index in [-0.39, 0.29) is 6.61 Å². The summed E-state index contributed by atoms with van der Waals surface area (Å²) in [4.78, 5) is 14.1. The first kappa shape index (κ1) is 16.8. The Balaban J connectivity index is 2.16. The number of hydrogen-bond donors (Lipinski definition) is 1. The second kappa shape index (κ2) is 8.15. The zero-order valence-corrected chi connectivity index (χ0v) is 13.4. The summed E-state index contributed by atoms with van der Waals surface area (Å²) in [5.74, 6) is 0.168. The molecule has 1 atom stereocenters. The summed E-state index contributed by atoms with van der Waals surface area (Å²) in [7, 11) is 1.64. The maximum atomic E-state index is 11.7. The van der Waals surface area contributed by atoms with Crippen molar-refractivity contribution in [2.24, 2.45) is 0 Å². The van der Waals surface area contributed by atoms with Crippen LogP contribution in [0.1, 0.15) is 43.4 Å². The Hall–Kier alpha value is -1.59. The molecule has 0 amide bonds. The van der Waals surface area contributed by atoms with Crippen molar-refractivity contribution >= 4 is 5.97 Å². The highest BCUT2D eigenvalue weighted by molar-refractivity contribution is 5.76. The summed E-state index contributed by atoms with van der Waals surface area (Å²) in [5.41, 5.74) is 1.54. The van der Waals surface area contributed by atoms with E-state index in [0.29, 0.717) is 5.56 Å². The Kier molecular flexibility index (Phi) is 6.21. The van der Waals surface area contributed by atoms with E-state index in [4.69, 9.17) is 9.47 Å². The summed E-state index contributed by atoms with van der Waals surface area (Å²) in [6.07, 6.45) is 2.47. The van der Waals surface area contributed by atoms with Crippen LogP contribution in [0.2, 0.25) is 0 Å². The molecule has 0 radical (unpaired) electrons. The summed E-state index contributed by atoms with van der Waals surface area (Å²) in [6, 6.07) is 5.35. The number of aliphatic hydroxyl groups is 1. The lowest BCUT2D eigenvalue weighted by molar-refractivity contribution is -0.153. The summed E-state index contributed by atoms with van der Waals surface area (Å²) in [5, 5.41) is 10.1. The van der Waals surface area contributed by atoms with Crippen LogP contribution in [0.4, 0.5) is 0 Å². The van der Waals surface area contributed by atoms with Gasteiger partial charge in [0.05, 0.1) is 13.7 Å². The van der Waals surface area contributed by atoms with Crippen LogP contribution >= 0.6 is 0 Å². The number of nitrogens with zero attached hydrogens (tertiary/aromatic N) is 1. The van der Waals surface area contributed by atoms with Gasteiger partial charge in [-0.1, -0.05) is 12.5 Å². The van der Waals surface area contributed by atoms with Gasteiger partial charge in [-0.15, -0.1) is 0 Å². The van der Waals surface area contributed by atoms with E-state index in [0.717, 1.165) is 30.9 Å². The molecular weight excluding hydrogens is 282 g/mol. The lowest BCUT2D eigenvalue weighted by Crippen LogP contribution is -2.29. The molecule has 1 unspecified atom stereocenters. The van der Waals surface area contributed by atoms with E-state index in [1.807, 2.05) is 6.07 Å². The van der Waals surface area contributed by atoms with Crippen molar-refractivity contribution in [1.82, 2.24) is 4.90 Å². The van der Waals surface area contributed by atoms with Crippen LogP contribution in [-0.4, -0.2) is 42.8 Å². The van der Waals surface area contributed by atoms with E-state index in [1.54, 1.807) is 26.2 Å². The van der Waals surface area contributed by atoms with Crippen LogP contribution in [-0.2, 0) is 16.1 Å². The van der Waals surface area contributed by atoms with Crippen molar-refractivity contribution in [2.45, 2.75) is 38.8 Å². The molecule has 0 bridgehead atoms. The first-order valence-electron chi connectivity index (χ1n) is 7.89. The molecular formula is C17H25NO4. The Labute approximate surface area is 131 Å². The minimum absolute atomic E-state index is 0.257.